The second kappa shape index (κ2) is 7.85. The van der Waals surface area contributed by atoms with Gasteiger partial charge in [-0.2, -0.15) is 15.0 Å². The van der Waals surface area contributed by atoms with Crippen LogP contribution in [0.15, 0.2) is 41.7 Å². The average molecular weight is 369 g/mol. The van der Waals surface area contributed by atoms with Crippen LogP contribution in [-0.2, 0) is 13.1 Å². The molecule has 1 N–H and O–H groups in total. The van der Waals surface area contributed by atoms with Crippen LogP contribution in [0.5, 0.6) is 0 Å². The second-order valence-corrected chi connectivity index (χ2v) is 6.62. The predicted octanol–water partition coefficient (Wildman–Crippen LogP) is -0.197. The van der Waals surface area contributed by atoms with Crippen molar-refractivity contribution in [3.05, 3.63) is 47.3 Å². The van der Waals surface area contributed by atoms with E-state index in [1.54, 1.807) is 17.2 Å². The third-order valence-corrected chi connectivity index (χ3v) is 4.97. The van der Waals surface area contributed by atoms with Crippen LogP contribution in [0.2, 0.25) is 0 Å². The van der Waals surface area contributed by atoms with Crippen molar-refractivity contribution in [2.45, 2.75) is 13.1 Å². The van der Waals surface area contributed by atoms with Gasteiger partial charge in [0.2, 0.25) is 0 Å². The summed E-state index contributed by atoms with van der Waals surface area (Å²) in [6.07, 6.45) is 4.90. The highest BCUT2D eigenvalue weighted by molar-refractivity contribution is 5.81. The number of hydrogen-bond acceptors (Lipinski definition) is 7. The van der Waals surface area contributed by atoms with Gasteiger partial charge in [0.05, 0.1) is 49.3 Å². The average Bonchev–Trinajstić information content (AvgIpc) is 3.22. The first-order valence-electron chi connectivity index (χ1n) is 9.16. The summed E-state index contributed by atoms with van der Waals surface area (Å²) in [7, 11) is 0. The maximum absolute atomic E-state index is 12.4. The molecule has 1 saturated heterocycles. The van der Waals surface area contributed by atoms with E-state index in [1.165, 1.54) is 10.9 Å². The van der Waals surface area contributed by atoms with Gasteiger partial charge in [-0.25, -0.2) is 4.98 Å². The molecule has 1 aliphatic rings. The number of hydrogen-bond donors (Lipinski definition) is 1. The smallest absolute Gasteiger partial charge is 0.261 e. The summed E-state index contributed by atoms with van der Waals surface area (Å²) >= 11 is 0. The first-order valence-corrected chi connectivity index (χ1v) is 9.16. The summed E-state index contributed by atoms with van der Waals surface area (Å²) in [6, 6.07) is 5.80. The molecule has 0 unspecified atom stereocenters. The number of benzene rings is 1. The Morgan fingerprint density at radius 1 is 1.00 bits per heavy atom. The van der Waals surface area contributed by atoms with Crippen molar-refractivity contribution in [2.24, 2.45) is 0 Å². The summed E-state index contributed by atoms with van der Waals surface area (Å²) in [4.78, 5) is 23.2. The van der Waals surface area contributed by atoms with Gasteiger partial charge >= 0.3 is 0 Å². The molecule has 2 aromatic heterocycles. The predicted molar refractivity (Wildman–Crippen MR) is 102 cm³/mol. The number of aliphatic hydroxyl groups excluding tert-OH is 1. The Labute approximate surface area is 156 Å². The molecule has 9 nitrogen and oxygen atoms in total. The van der Waals surface area contributed by atoms with Crippen molar-refractivity contribution >= 4 is 16.6 Å². The number of fused-ring (bicyclic) bond motifs is 1. The molecule has 0 amide bonds. The molecule has 1 aliphatic heterocycles. The quantitative estimate of drug-likeness (QED) is 0.643. The summed E-state index contributed by atoms with van der Waals surface area (Å²) in [5.74, 6) is 0. The molecular weight excluding hydrogens is 346 g/mol. The number of aliphatic hydroxyl groups is 1. The van der Waals surface area contributed by atoms with Crippen molar-refractivity contribution in [3.63, 3.8) is 0 Å². The van der Waals surface area contributed by atoms with Crippen molar-refractivity contribution in [1.82, 2.24) is 29.4 Å². The van der Waals surface area contributed by atoms with Crippen LogP contribution >= 0.6 is 0 Å². The molecule has 142 valence electrons. The molecule has 1 aromatic carbocycles. The Morgan fingerprint density at radius 3 is 2.52 bits per heavy atom. The fraction of sp³-hybridized carbons (Fsp3) is 0.444. The zero-order chi connectivity index (χ0) is 18.6. The fourth-order valence-electron chi connectivity index (χ4n) is 3.43. The van der Waals surface area contributed by atoms with Crippen molar-refractivity contribution in [1.29, 1.82) is 0 Å². The number of nitrogens with zero attached hydrogens (tertiary/aromatic N) is 7. The monoisotopic (exact) mass is 369 g/mol. The number of piperazine rings is 1. The normalized spacial score (nSPS) is 15.5. The number of aromatic nitrogens is 5. The molecular formula is C18H23N7O2. The van der Waals surface area contributed by atoms with E-state index >= 15 is 0 Å². The van der Waals surface area contributed by atoms with Crippen molar-refractivity contribution in [3.8, 4) is 0 Å². The summed E-state index contributed by atoms with van der Waals surface area (Å²) in [5.41, 5.74) is 1.67. The van der Waals surface area contributed by atoms with E-state index < -0.39 is 0 Å². The molecule has 1 fully saturated rings. The van der Waals surface area contributed by atoms with Gasteiger partial charge in [-0.15, -0.1) is 0 Å². The lowest BCUT2D eigenvalue weighted by molar-refractivity contribution is 0.239. The molecule has 0 saturated carbocycles. The fourth-order valence-corrected chi connectivity index (χ4v) is 3.43. The standard InChI is InChI=1S/C18H23N7O2/c26-12-11-24-14-19-17-13-15(1-2-16(17)18(24)27)23-8-5-22(6-9-23)7-10-25-20-3-4-21-25/h1-4,13-14,26H,5-12H2. The van der Waals surface area contributed by atoms with E-state index in [1.807, 2.05) is 18.2 Å². The molecule has 4 rings (SSSR count). The summed E-state index contributed by atoms with van der Waals surface area (Å²) in [6.45, 7) is 5.74. The van der Waals surface area contributed by atoms with E-state index in [-0.39, 0.29) is 18.7 Å². The Morgan fingerprint density at radius 2 is 1.78 bits per heavy atom. The van der Waals surface area contributed by atoms with Gasteiger partial charge in [0, 0.05) is 38.4 Å². The number of rotatable bonds is 6. The van der Waals surface area contributed by atoms with Crippen LogP contribution in [0.4, 0.5) is 5.69 Å². The molecule has 0 radical (unpaired) electrons. The molecule has 3 aromatic rings. The van der Waals surface area contributed by atoms with E-state index in [2.05, 4.69) is 25.0 Å². The van der Waals surface area contributed by atoms with Gasteiger partial charge in [0.25, 0.3) is 5.56 Å². The van der Waals surface area contributed by atoms with Crippen LogP contribution in [0.1, 0.15) is 0 Å². The zero-order valence-corrected chi connectivity index (χ0v) is 15.1. The van der Waals surface area contributed by atoms with Gasteiger partial charge < -0.3 is 10.0 Å². The van der Waals surface area contributed by atoms with Crippen molar-refractivity contribution < 1.29 is 5.11 Å². The largest absolute Gasteiger partial charge is 0.395 e. The van der Waals surface area contributed by atoms with Gasteiger partial charge in [0.15, 0.2) is 0 Å². The Hall–Kier alpha value is -2.78. The first kappa shape index (κ1) is 17.6. The van der Waals surface area contributed by atoms with E-state index in [4.69, 9.17) is 5.11 Å². The maximum atomic E-state index is 12.4. The Balaban J connectivity index is 1.41. The van der Waals surface area contributed by atoms with Crippen molar-refractivity contribution in [2.75, 3.05) is 44.2 Å². The zero-order valence-electron chi connectivity index (χ0n) is 15.1. The lowest BCUT2D eigenvalue weighted by atomic mass is 10.2. The van der Waals surface area contributed by atoms with Crippen LogP contribution in [-0.4, -0.2) is 73.9 Å². The van der Waals surface area contributed by atoms with Gasteiger partial charge in [0.1, 0.15) is 0 Å². The van der Waals surface area contributed by atoms with Gasteiger partial charge in [-0.05, 0) is 18.2 Å². The molecule has 3 heterocycles. The minimum atomic E-state index is -0.113. The third kappa shape index (κ3) is 3.83. The van der Waals surface area contributed by atoms with Crippen LogP contribution in [0.25, 0.3) is 10.9 Å². The highest BCUT2D eigenvalue weighted by Crippen LogP contribution is 2.20. The maximum Gasteiger partial charge on any atom is 0.261 e. The van der Waals surface area contributed by atoms with Crippen LogP contribution in [0.3, 0.4) is 0 Å². The topological polar surface area (TPSA) is 92.3 Å². The SMILES string of the molecule is O=c1c2ccc(N3CCN(CCn4nccn4)CC3)cc2ncn1CCO. The lowest BCUT2D eigenvalue weighted by Gasteiger charge is -2.36. The highest BCUT2D eigenvalue weighted by Gasteiger charge is 2.18. The van der Waals surface area contributed by atoms with Crippen LogP contribution < -0.4 is 10.5 Å². The third-order valence-electron chi connectivity index (χ3n) is 4.97. The second-order valence-electron chi connectivity index (χ2n) is 6.62. The lowest BCUT2D eigenvalue weighted by Crippen LogP contribution is -2.47. The van der Waals surface area contributed by atoms with E-state index in [0.29, 0.717) is 10.9 Å². The highest BCUT2D eigenvalue weighted by atomic mass is 16.3. The molecule has 0 spiro atoms. The molecule has 9 heteroatoms. The Kier molecular flexibility index (Phi) is 5.12. The van der Waals surface area contributed by atoms with Crippen LogP contribution in [0, 0.1) is 0 Å². The molecule has 0 aliphatic carbocycles. The number of anilines is 1. The van der Waals surface area contributed by atoms with Gasteiger partial charge in [-0.1, -0.05) is 0 Å². The molecule has 0 atom stereocenters. The summed E-state index contributed by atoms with van der Waals surface area (Å²) in [5, 5.41) is 17.9. The summed E-state index contributed by atoms with van der Waals surface area (Å²) < 4.78 is 1.44. The molecule has 27 heavy (non-hydrogen) atoms. The first-order chi connectivity index (χ1) is 13.2. The minimum absolute atomic E-state index is 0.0775. The van der Waals surface area contributed by atoms with Gasteiger partial charge in [-0.3, -0.25) is 14.3 Å². The molecule has 0 bridgehead atoms. The van der Waals surface area contributed by atoms with E-state index in [9.17, 15) is 4.79 Å². The van der Waals surface area contributed by atoms with E-state index in [0.717, 1.165) is 45.0 Å². The minimum Gasteiger partial charge on any atom is -0.395 e. The Bertz CT molecular complexity index is 946.